The van der Waals surface area contributed by atoms with Gasteiger partial charge in [0, 0.05) is 36.7 Å². The number of hydrogen-bond donors (Lipinski definition) is 1. The first kappa shape index (κ1) is 14.7. The SMILES string of the molecule is CC1CSCCN1CC1CCC(N)C(C)C1(C)C. The lowest BCUT2D eigenvalue weighted by Crippen LogP contribution is -2.52. The van der Waals surface area contributed by atoms with Crippen molar-refractivity contribution in [3.63, 3.8) is 0 Å². The van der Waals surface area contributed by atoms with Crippen molar-refractivity contribution < 1.29 is 0 Å². The van der Waals surface area contributed by atoms with E-state index in [-0.39, 0.29) is 0 Å². The number of rotatable bonds is 2. The molecule has 4 atom stereocenters. The van der Waals surface area contributed by atoms with Crippen LogP contribution in [-0.4, -0.2) is 41.6 Å². The van der Waals surface area contributed by atoms with E-state index in [0.29, 0.717) is 17.4 Å². The normalized spacial score (nSPS) is 41.8. The van der Waals surface area contributed by atoms with Crippen LogP contribution in [0.3, 0.4) is 0 Å². The third kappa shape index (κ3) is 2.88. The lowest BCUT2D eigenvalue weighted by molar-refractivity contribution is 0.0231. The lowest BCUT2D eigenvalue weighted by Gasteiger charge is -2.49. The maximum absolute atomic E-state index is 6.26. The van der Waals surface area contributed by atoms with Crippen LogP contribution >= 0.6 is 11.8 Å². The topological polar surface area (TPSA) is 29.3 Å². The molecule has 1 saturated heterocycles. The summed E-state index contributed by atoms with van der Waals surface area (Å²) in [5.41, 5.74) is 6.65. The second-order valence-corrected chi connectivity index (χ2v) is 8.12. The molecule has 2 aliphatic rings. The molecule has 2 nitrogen and oxygen atoms in total. The minimum atomic E-state index is 0.391. The van der Waals surface area contributed by atoms with Gasteiger partial charge in [0.15, 0.2) is 0 Å². The molecule has 106 valence electrons. The van der Waals surface area contributed by atoms with E-state index < -0.39 is 0 Å². The molecule has 2 fully saturated rings. The van der Waals surface area contributed by atoms with Crippen LogP contribution in [0.2, 0.25) is 0 Å². The Morgan fingerprint density at radius 2 is 2.00 bits per heavy atom. The quantitative estimate of drug-likeness (QED) is 0.836. The molecule has 2 rings (SSSR count). The van der Waals surface area contributed by atoms with Gasteiger partial charge in [-0.05, 0) is 37.0 Å². The molecule has 18 heavy (non-hydrogen) atoms. The third-order valence-corrected chi connectivity index (χ3v) is 6.87. The Bertz CT molecular complexity index is 280. The Hall–Kier alpha value is 0.270. The zero-order valence-corrected chi connectivity index (χ0v) is 13.3. The van der Waals surface area contributed by atoms with E-state index in [2.05, 4.69) is 44.4 Å². The van der Waals surface area contributed by atoms with Gasteiger partial charge in [-0.2, -0.15) is 11.8 Å². The highest BCUT2D eigenvalue weighted by atomic mass is 32.2. The molecule has 0 spiro atoms. The third-order valence-electron chi connectivity index (χ3n) is 5.68. The van der Waals surface area contributed by atoms with E-state index in [1.165, 1.54) is 37.4 Å². The molecular weight excluding hydrogens is 240 g/mol. The van der Waals surface area contributed by atoms with Gasteiger partial charge in [0.1, 0.15) is 0 Å². The Labute approximate surface area is 117 Å². The molecule has 3 heteroatoms. The monoisotopic (exact) mass is 270 g/mol. The predicted octanol–water partition coefficient (Wildman–Crippen LogP) is 2.82. The highest BCUT2D eigenvalue weighted by Gasteiger charge is 2.42. The number of nitrogens with two attached hydrogens (primary N) is 1. The van der Waals surface area contributed by atoms with E-state index in [1.54, 1.807) is 0 Å². The second-order valence-electron chi connectivity index (χ2n) is 6.97. The standard InChI is InChI=1S/C15H30N2S/c1-11-10-18-8-7-17(11)9-13-5-6-14(16)12(2)15(13,3)4/h11-14H,5-10,16H2,1-4H3. The molecule has 4 unspecified atom stereocenters. The van der Waals surface area contributed by atoms with Gasteiger partial charge < -0.3 is 5.73 Å². The van der Waals surface area contributed by atoms with Crippen molar-refractivity contribution in [2.75, 3.05) is 24.6 Å². The maximum atomic E-state index is 6.26. The summed E-state index contributed by atoms with van der Waals surface area (Å²) in [6, 6.07) is 1.16. The van der Waals surface area contributed by atoms with Gasteiger partial charge in [0.05, 0.1) is 0 Å². The smallest absolute Gasteiger partial charge is 0.0158 e. The highest BCUT2D eigenvalue weighted by molar-refractivity contribution is 7.99. The molecule has 0 aromatic heterocycles. The van der Waals surface area contributed by atoms with Crippen molar-refractivity contribution in [1.82, 2.24) is 4.90 Å². The van der Waals surface area contributed by atoms with Crippen LogP contribution in [-0.2, 0) is 0 Å². The minimum Gasteiger partial charge on any atom is -0.327 e. The summed E-state index contributed by atoms with van der Waals surface area (Å²) in [5.74, 6) is 4.08. The summed E-state index contributed by atoms with van der Waals surface area (Å²) in [4.78, 5) is 2.71. The van der Waals surface area contributed by atoms with Gasteiger partial charge in [-0.3, -0.25) is 4.90 Å². The van der Waals surface area contributed by atoms with Gasteiger partial charge in [-0.15, -0.1) is 0 Å². The Balaban J connectivity index is 1.99. The Morgan fingerprint density at radius 1 is 1.28 bits per heavy atom. The first-order valence-electron chi connectivity index (χ1n) is 7.50. The molecule has 1 aliphatic carbocycles. The maximum Gasteiger partial charge on any atom is 0.0158 e. The van der Waals surface area contributed by atoms with Gasteiger partial charge in [0.2, 0.25) is 0 Å². The van der Waals surface area contributed by atoms with Crippen LogP contribution in [0, 0.1) is 17.3 Å². The van der Waals surface area contributed by atoms with E-state index in [0.717, 1.165) is 12.0 Å². The zero-order chi connectivity index (χ0) is 13.3. The molecule has 2 N–H and O–H groups in total. The molecule has 1 saturated carbocycles. The Morgan fingerprint density at radius 3 is 2.67 bits per heavy atom. The largest absolute Gasteiger partial charge is 0.327 e. The van der Waals surface area contributed by atoms with Gasteiger partial charge in [0.25, 0.3) is 0 Å². The molecule has 0 aromatic rings. The van der Waals surface area contributed by atoms with E-state index in [4.69, 9.17) is 5.73 Å². The van der Waals surface area contributed by atoms with Gasteiger partial charge in [-0.25, -0.2) is 0 Å². The van der Waals surface area contributed by atoms with E-state index in [1.807, 2.05) is 0 Å². The average molecular weight is 270 g/mol. The highest BCUT2D eigenvalue weighted by Crippen LogP contribution is 2.44. The van der Waals surface area contributed by atoms with Crippen molar-refractivity contribution in [2.24, 2.45) is 23.0 Å². The number of hydrogen-bond acceptors (Lipinski definition) is 3. The predicted molar refractivity (Wildman–Crippen MR) is 82.0 cm³/mol. The van der Waals surface area contributed by atoms with Gasteiger partial charge >= 0.3 is 0 Å². The fraction of sp³-hybridized carbons (Fsp3) is 1.00. The van der Waals surface area contributed by atoms with Crippen LogP contribution in [0.1, 0.15) is 40.5 Å². The zero-order valence-electron chi connectivity index (χ0n) is 12.5. The first-order valence-corrected chi connectivity index (χ1v) is 8.65. The van der Waals surface area contributed by atoms with Crippen molar-refractivity contribution in [2.45, 2.75) is 52.6 Å². The summed E-state index contributed by atoms with van der Waals surface area (Å²) in [7, 11) is 0. The van der Waals surface area contributed by atoms with Crippen molar-refractivity contribution in [3.05, 3.63) is 0 Å². The fourth-order valence-electron chi connectivity index (χ4n) is 3.58. The number of thioether (sulfide) groups is 1. The number of nitrogens with zero attached hydrogens (tertiary/aromatic N) is 1. The first-order chi connectivity index (χ1) is 8.43. The van der Waals surface area contributed by atoms with Crippen molar-refractivity contribution in [3.8, 4) is 0 Å². The molecule has 0 bridgehead atoms. The van der Waals surface area contributed by atoms with Crippen molar-refractivity contribution >= 4 is 11.8 Å². The van der Waals surface area contributed by atoms with Crippen LogP contribution < -0.4 is 5.73 Å². The summed E-state index contributed by atoms with van der Waals surface area (Å²) in [5, 5.41) is 0. The summed E-state index contributed by atoms with van der Waals surface area (Å²) in [6.07, 6.45) is 2.53. The molecule has 0 amide bonds. The van der Waals surface area contributed by atoms with E-state index in [9.17, 15) is 0 Å². The van der Waals surface area contributed by atoms with Crippen LogP contribution in [0.5, 0.6) is 0 Å². The summed E-state index contributed by atoms with van der Waals surface area (Å²) in [6.45, 7) is 12.2. The van der Waals surface area contributed by atoms with Crippen LogP contribution in [0.25, 0.3) is 0 Å². The van der Waals surface area contributed by atoms with Crippen LogP contribution in [0.15, 0.2) is 0 Å². The summed E-state index contributed by atoms with van der Waals surface area (Å²) < 4.78 is 0. The molecule has 1 aliphatic heterocycles. The van der Waals surface area contributed by atoms with Crippen LogP contribution in [0.4, 0.5) is 0 Å². The van der Waals surface area contributed by atoms with Crippen molar-refractivity contribution in [1.29, 1.82) is 0 Å². The average Bonchev–Trinajstić information content (AvgIpc) is 2.33. The van der Waals surface area contributed by atoms with Gasteiger partial charge in [-0.1, -0.05) is 20.8 Å². The second kappa shape index (κ2) is 5.72. The lowest BCUT2D eigenvalue weighted by atomic mass is 9.61. The molecule has 0 aromatic carbocycles. The molecule has 0 radical (unpaired) electrons. The summed E-state index contributed by atoms with van der Waals surface area (Å²) >= 11 is 2.11. The fourth-order valence-corrected chi connectivity index (χ4v) is 4.66. The molecule has 1 heterocycles. The minimum absolute atomic E-state index is 0.391. The Kier molecular flexibility index (Phi) is 4.66. The molecular formula is C15H30N2S. The van der Waals surface area contributed by atoms with E-state index >= 15 is 0 Å².